The number of hydrogen-bond acceptors (Lipinski definition) is 5. The van der Waals surface area contributed by atoms with Crippen LogP contribution in [0.1, 0.15) is 20.8 Å². The fourth-order valence-electron chi connectivity index (χ4n) is 2.07. The molecule has 1 atom stereocenters. The topological polar surface area (TPSA) is 90.7 Å². The molecular weight excluding hydrogens is 324 g/mol. The van der Waals surface area contributed by atoms with Gasteiger partial charge in [0, 0.05) is 12.1 Å². The van der Waals surface area contributed by atoms with Crippen LogP contribution in [0.4, 0.5) is 11.4 Å². The molecule has 1 unspecified atom stereocenters. The second kappa shape index (κ2) is 8.14. The van der Waals surface area contributed by atoms with Crippen LogP contribution in [0, 0.1) is 10.1 Å². The lowest BCUT2D eigenvalue weighted by atomic mass is 10.2. The Labute approximate surface area is 145 Å². The van der Waals surface area contributed by atoms with Gasteiger partial charge < -0.3 is 14.8 Å². The molecule has 7 heteroatoms. The van der Waals surface area contributed by atoms with Crippen LogP contribution in [0.25, 0.3) is 0 Å². The Morgan fingerprint density at radius 3 is 2.28 bits per heavy atom. The van der Waals surface area contributed by atoms with Crippen LogP contribution < -0.4 is 14.8 Å². The average Bonchev–Trinajstić information content (AvgIpc) is 2.56. The summed E-state index contributed by atoms with van der Waals surface area (Å²) in [6.45, 7) is 5.40. The SMILES string of the molecule is CC(C)Oc1ccccc1NC(=O)C(C)Oc1ccc([N+](=O)[O-])cc1. The maximum Gasteiger partial charge on any atom is 0.269 e. The number of hydrogen-bond donors (Lipinski definition) is 1. The monoisotopic (exact) mass is 344 g/mol. The molecular formula is C18H20N2O5. The number of para-hydroxylation sites is 2. The Morgan fingerprint density at radius 2 is 1.68 bits per heavy atom. The van der Waals surface area contributed by atoms with Crippen LogP contribution in [0.15, 0.2) is 48.5 Å². The van der Waals surface area contributed by atoms with Gasteiger partial charge in [-0.3, -0.25) is 14.9 Å². The molecule has 0 aliphatic carbocycles. The van der Waals surface area contributed by atoms with Crippen molar-refractivity contribution < 1.29 is 19.2 Å². The predicted molar refractivity (Wildman–Crippen MR) is 94.0 cm³/mol. The number of rotatable bonds is 7. The number of carbonyl (C=O) groups is 1. The zero-order chi connectivity index (χ0) is 18.4. The molecule has 1 N–H and O–H groups in total. The van der Waals surface area contributed by atoms with E-state index < -0.39 is 11.0 Å². The number of nitro benzene ring substituents is 1. The molecule has 1 amide bonds. The van der Waals surface area contributed by atoms with E-state index in [1.54, 1.807) is 25.1 Å². The number of ether oxygens (including phenoxy) is 2. The van der Waals surface area contributed by atoms with Crippen molar-refractivity contribution in [3.8, 4) is 11.5 Å². The van der Waals surface area contributed by atoms with Gasteiger partial charge in [-0.25, -0.2) is 0 Å². The van der Waals surface area contributed by atoms with Crippen molar-refractivity contribution in [2.24, 2.45) is 0 Å². The highest BCUT2D eigenvalue weighted by Crippen LogP contribution is 2.25. The maximum atomic E-state index is 12.3. The van der Waals surface area contributed by atoms with Crippen molar-refractivity contribution in [1.82, 2.24) is 0 Å². The van der Waals surface area contributed by atoms with E-state index in [1.165, 1.54) is 24.3 Å². The number of non-ortho nitro benzene ring substituents is 1. The fourth-order valence-corrected chi connectivity index (χ4v) is 2.07. The second-order valence-electron chi connectivity index (χ2n) is 5.66. The summed E-state index contributed by atoms with van der Waals surface area (Å²) < 4.78 is 11.2. The molecule has 0 aromatic heterocycles. The quantitative estimate of drug-likeness (QED) is 0.609. The van der Waals surface area contributed by atoms with Gasteiger partial charge >= 0.3 is 0 Å². The summed E-state index contributed by atoms with van der Waals surface area (Å²) in [6, 6.07) is 12.7. The molecule has 0 radical (unpaired) electrons. The Kier molecular flexibility index (Phi) is 5.94. The van der Waals surface area contributed by atoms with E-state index in [1.807, 2.05) is 19.9 Å². The molecule has 0 spiro atoms. The van der Waals surface area contributed by atoms with E-state index in [0.29, 0.717) is 17.2 Å². The van der Waals surface area contributed by atoms with Gasteiger partial charge in [-0.15, -0.1) is 0 Å². The zero-order valence-corrected chi connectivity index (χ0v) is 14.3. The van der Waals surface area contributed by atoms with Crippen molar-refractivity contribution in [2.75, 3.05) is 5.32 Å². The summed E-state index contributed by atoms with van der Waals surface area (Å²) in [5, 5.41) is 13.4. The van der Waals surface area contributed by atoms with Gasteiger partial charge in [-0.2, -0.15) is 0 Å². The Hall–Kier alpha value is -3.09. The third-order valence-corrected chi connectivity index (χ3v) is 3.24. The smallest absolute Gasteiger partial charge is 0.269 e. The van der Waals surface area contributed by atoms with E-state index >= 15 is 0 Å². The first-order chi connectivity index (χ1) is 11.9. The predicted octanol–water partition coefficient (Wildman–Crippen LogP) is 3.79. The van der Waals surface area contributed by atoms with Crippen LogP contribution in [0.3, 0.4) is 0 Å². The second-order valence-corrected chi connectivity index (χ2v) is 5.66. The van der Waals surface area contributed by atoms with Gasteiger partial charge in [0.15, 0.2) is 6.10 Å². The van der Waals surface area contributed by atoms with Crippen LogP contribution in [-0.4, -0.2) is 23.0 Å². The van der Waals surface area contributed by atoms with Gasteiger partial charge in [0.05, 0.1) is 16.7 Å². The first-order valence-electron chi connectivity index (χ1n) is 7.84. The summed E-state index contributed by atoms with van der Waals surface area (Å²) in [4.78, 5) is 22.5. The molecule has 0 bridgehead atoms. The van der Waals surface area contributed by atoms with Crippen molar-refractivity contribution in [3.63, 3.8) is 0 Å². The maximum absolute atomic E-state index is 12.3. The lowest BCUT2D eigenvalue weighted by Gasteiger charge is -2.17. The molecule has 0 saturated heterocycles. The Bertz CT molecular complexity index is 743. The first kappa shape index (κ1) is 18.3. The van der Waals surface area contributed by atoms with Crippen molar-refractivity contribution >= 4 is 17.3 Å². The van der Waals surface area contributed by atoms with Crippen LogP contribution >= 0.6 is 0 Å². The molecule has 0 aliphatic rings. The zero-order valence-electron chi connectivity index (χ0n) is 14.3. The van der Waals surface area contributed by atoms with E-state index in [2.05, 4.69) is 5.32 Å². The average molecular weight is 344 g/mol. The highest BCUT2D eigenvalue weighted by atomic mass is 16.6. The van der Waals surface area contributed by atoms with Crippen LogP contribution in [0.5, 0.6) is 11.5 Å². The third kappa shape index (κ3) is 5.20. The van der Waals surface area contributed by atoms with Gasteiger partial charge in [-0.05, 0) is 45.0 Å². The molecule has 2 aromatic carbocycles. The normalized spacial score (nSPS) is 11.7. The minimum absolute atomic E-state index is 0.0214. The molecule has 132 valence electrons. The van der Waals surface area contributed by atoms with Crippen LogP contribution in [0.2, 0.25) is 0 Å². The highest BCUT2D eigenvalue weighted by Gasteiger charge is 2.17. The van der Waals surface area contributed by atoms with E-state index in [4.69, 9.17) is 9.47 Å². The number of nitro groups is 1. The number of amides is 1. The molecule has 25 heavy (non-hydrogen) atoms. The van der Waals surface area contributed by atoms with E-state index in [0.717, 1.165) is 0 Å². The third-order valence-electron chi connectivity index (χ3n) is 3.24. The standard InChI is InChI=1S/C18H20N2O5/c1-12(2)24-17-7-5-4-6-16(17)19-18(21)13(3)25-15-10-8-14(9-11-15)20(22)23/h4-13H,1-3H3,(H,19,21). The number of nitrogens with zero attached hydrogens (tertiary/aromatic N) is 1. The molecule has 0 saturated carbocycles. The van der Waals surface area contributed by atoms with Gasteiger partial charge in [0.1, 0.15) is 11.5 Å². The summed E-state index contributed by atoms with van der Waals surface area (Å²) in [6.07, 6.45) is -0.805. The Balaban J connectivity index is 2.02. The molecule has 2 aromatic rings. The summed E-state index contributed by atoms with van der Waals surface area (Å²) in [7, 11) is 0. The summed E-state index contributed by atoms with van der Waals surface area (Å²) in [5.41, 5.74) is 0.518. The number of carbonyl (C=O) groups excluding carboxylic acids is 1. The first-order valence-corrected chi connectivity index (χ1v) is 7.84. The van der Waals surface area contributed by atoms with E-state index in [9.17, 15) is 14.9 Å². The number of nitrogens with one attached hydrogen (secondary N) is 1. The van der Waals surface area contributed by atoms with Gasteiger partial charge in [-0.1, -0.05) is 12.1 Å². The highest BCUT2D eigenvalue weighted by molar-refractivity contribution is 5.95. The van der Waals surface area contributed by atoms with Crippen LogP contribution in [-0.2, 0) is 4.79 Å². The molecule has 7 nitrogen and oxygen atoms in total. The molecule has 2 rings (SSSR count). The number of anilines is 1. The van der Waals surface area contributed by atoms with Gasteiger partial charge in [0.2, 0.25) is 0 Å². The molecule has 0 aliphatic heterocycles. The minimum atomic E-state index is -0.784. The van der Waals surface area contributed by atoms with Crippen molar-refractivity contribution in [1.29, 1.82) is 0 Å². The van der Waals surface area contributed by atoms with E-state index in [-0.39, 0.29) is 17.7 Å². The van der Waals surface area contributed by atoms with Crippen molar-refractivity contribution in [2.45, 2.75) is 33.0 Å². The largest absolute Gasteiger partial charge is 0.489 e. The molecule has 0 fully saturated rings. The lowest BCUT2D eigenvalue weighted by Crippen LogP contribution is -2.30. The minimum Gasteiger partial charge on any atom is -0.489 e. The van der Waals surface area contributed by atoms with Gasteiger partial charge in [0.25, 0.3) is 11.6 Å². The summed E-state index contributed by atoms with van der Waals surface area (Å²) in [5.74, 6) is 0.603. The number of benzene rings is 2. The molecule has 0 heterocycles. The Morgan fingerprint density at radius 1 is 1.04 bits per heavy atom. The van der Waals surface area contributed by atoms with Crippen molar-refractivity contribution in [3.05, 3.63) is 58.6 Å². The summed E-state index contributed by atoms with van der Waals surface area (Å²) >= 11 is 0. The lowest BCUT2D eigenvalue weighted by molar-refractivity contribution is -0.384. The fraction of sp³-hybridized carbons (Fsp3) is 0.278.